The molecule has 0 spiro atoms. The SMILES string of the molecule is CC(N)C(=O)CCCCCCC(=O)O. The summed E-state index contributed by atoms with van der Waals surface area (Å²) >= 11 is 0. The molecule has 0 aromatic carbocycles. The average molecular weight is 201 g/mol. The highest BCUT2D eigenvalue weighted by atomic mass is 16.4. The maximum Gasteiger partial charge on any atom is 0.303 e. The number of unbranched alkanes of at least 4 members (excludes halogenated alkanes) is 3. The summed E-state index contributed by atoms with van der Waals surface area (Å²) in [7, 11) is 0. The summed E-state index contributed by atoms with van der Waals surface area (Å²) in [4.78, 5) is 21.2. The van der Waals surface area contributed by atoms with Crippen LogP contribution in [0.3, 0.4) is 0 Å². The van der Waals surface area contributed by atoms with E-state index in [-0.39, 0.29) is 18.2 Å². The lowest BCUT2D eigenvalue weighted by Gasteiger charge is -2.03. The van der Waals surface area contributed by atoms with Gasteiger partial charge in [0.25, 0.3) is 0 Å². The second kappa shape index (κ2) is 7.50. The van der Waals surface area contributed by atoms with Crippen LogP contribution in [0.15, 0.2) is 0 Å². The second-order valence-corrected chi connectivity index (χ2v) is 3.56. The zero-order chi connectivity index (χ0) is 11.0. The minimum absolute atomic E-state index is 0.0863. The number of hydrogen-bond acceptors (Lipinski definition) is 3. The Hall–Kier alpha value is -0.900. The van der Waals surface area contributed by atoms with Gasteiger partial charge in [0, 0.05) is 12.8 Å². The van der Waals surface area contributed by atoms with Crippen molar-refractivity contribution in [2.45, 2.75) is 51.5 Å². The van der Waals surface area contributed by atoms with Crippen LogP contribution < -0.4 is 5.73 Å². The number of ketones is 1. The molecule has 0 aliphatic carbocycles. The van der Waals surface area contributed by atoms with Crippen molar-refractivity contribution < 1.29 is 14.7 Å². The van der Waals surface area contributed by atoms with Crippen molar-refractivity contribution in [3.05, 3.63) is 0 Å². The maximum atomic E-state index is 11.1. The molecule has 0 amide bonds. The lowest BCUT2D eigenvalue weighted by atomic mass is 10.1. The number of carboxylic acids is 1. The fourth-order valence-electron chi connectivity index (χ4n) is 1.16. The zero-order valence-corrected chi connectivity index (χ0v) is 8.66. The van der Waals surface area contributed by atoms with Gasteiger partial charge in [0.2, 0.25) is 0 Å². The lowest BCUT2D eigenvalue weighted by molar-refractivity contribution is -0.137. The van der Waals surface area contributed by atoms with E-state index in [0.717, 1.165) is 19.3 Å². The molecule has 0 heterocycles. The normalized spacial score (nSPS) is 12.4. The average Bonchev–Trinajstić information content (AvgIpc) is 2.09. The molecule has 0 aliphatic heterocycles. The second-order valence-electron chi connectivity index (χ2n) is 3.56. The van der Waals surface area contributed by atoms with Crippen LogP contribution in [0.5, 0.6) is 0 Å². The number of Topliss-reactive ketones (excluding diaryl/α,β-unsaturated/α-hetero) is 1. The Bertz CT molecular complexity index is 190. The van der Waals surface area contributed by atoms with Crippen molar-refractivity contribution in [1.29, 1.82) is 0 Å². The summed E-state index contributed by atoms with van der Waals surface area (Å²) < 4.78 is 0. The maximum absolute atomic E-state index is 11.1. The fourth-order valence-corrected chi connectivity index (χ4v) is 1.16. The zero-order valence-electron chi connectivity index (χ0n) is 8.66. The molecule has 0 saturated carbocycles. The van der Waals surface area contributed by atoms with Gasteiger partial charge in [-0.25, -0.2) is 0 Å². The first-order valence-corrected chi connectivity index (χ1v) is 5.04. The van der Waals surface area contributed by atoms with E-state index >= 15 is 0 Å². The van der Waals surface area contributed by atoms with Crippen LogP contribution >= 0.6 is 0 Å². The van der Waals surface area contributed by atoms with Gasteiger partial charge in [-0.1, -0.05) is 12.8 Å². The van der Waals surface area contributed by atoms with Gasteiger partial charge < -0.3 is 10.8 Å². The number of carbonyl (C=O) groups excluding carboxylic acids is 1. The van der Waals surface area contributed by atoms with Gasteiger partial charge in [0.05, 0.1) is 6.04 Å². The third-order valence-electron chi connectivity index (χ3n) is 2.07. The summed E-state index contributed by atoms with van der Waals surface area (Å²) in [5.41, 5.74) is 5.39. The summed E-state index contributed by atoms with van der Waals surface area (Å²) in [5, 5.41) is 8.36. The third-order valence-corrected chi connectivity index (χ3v) is 2.07. The third kappa shape index (κ3) is 7.73. The monoisotopic (exact) mass is 201 g/mol. The first-order valence-electron chi connectivity index (χ1n) is 5.04. The van der Waals surface area contributed by atoms with Gasteiger partial charge >= 0.3 is 5.97 Å². The van der Waals surface area contributed by atoms with Crippen LogP contribution in [0, 0.1) is 0 Å². The topological polar surface area (TPSA) is 80.4 Å². The van der Waals surface area contributed by atoms with Crippen molar-refractivity contribution in [2.24, 2.45) is 5.73 Å². The van der Waals surface area contributed by atoms with Crippen LogP contribution in [0.25, 0.3) is 0 Å². The van der Waals surface area contributed by atoms with Crippen LogP contribution in [0.1, 0.15) is 45.4 Å². The molecular formula is C10H19NO3. The number of aliphatic carboxylic acids is 1. The molecule has 0 bridgehead atoms. The Labute approximate surface area is 84.5 Å². The van der Waals surface area contributed by atoms with Gasteiger partial charge in [-0.2, -0.15) is 0 Å². The molecule has 14 heavy (non-hydrogen) atoms. The molecule has 0 aromatic heterocycles. The molecule has 0 saturated heterocycles. The summed E-state index contributed by atoms with van der Waals surface area (Å²) in [5.74, 6) is -0.667. The summed E-state index contributed by atoms with van der Waals surface area (Å²) in [6.45, 7) is 1.69. The van der Waals surface area contributed by atoms with Crippen LogP contribution in [-0.4, -0.2) is 22.9 Å². The van der Waals surface area contributed by atoms with Gasteiger partial charge in [0.15, 0.2) is 0 Å². The molecule has 4 nitrogen and oxygen atoms in total. The van der Waals surface area contributed by atoms with Crippen molar-refractivity contribution >= 4 is 11.8 Å². The first-order chi connectivity index (χ1) is 6.54. The number of nitrogens with two attached hydrogens (primary N) is 1. The summed E-state index contributed by atoms with van der Waals surface area (Å²) in [6.07, 6.45) is 4.04. The molecule has 0 fully saturated rings. The van der Waals surface area contributed by atoms with E-state index in [1.54, 1.807) is 6.92 Å². The molecule has 0 rings (SSSR count). The van der Waals surface area contributed by atoms with E-state index in [1.807, 2.05) is 0 Å². The Balaban J connectivity index is 3.22. The number of rotatable bonds is 8. The van der Waals surface area contributed by atoms with E-state index < -0.39 is 5.97 Å². The van der Waals surface area contributed by atoms with Gasteiger partial charge in [-0.3, -0.25) is 9.59 Å². The predicted molar refractivity (Wildman–Crippen MR) is 54.0 cm³/mol. The van der Waals surface area contributed by atoms with Crippen molar-refractivity contribution in [3.8, 4) is 0 Å². The lowest BCUT2D eigenvalue weighted by Crippen LogP contribution is -2.26. The number of carboxylic acid groups (broad SMARTS) is 1. The van der Waals surface area contributed by atoms with Crippen molar-refractivity contribution in [1.82, 2.24) is 0 Å². The Morgan fingerprint density at radius 3 is 2.07 bits per heavy atom. The molecule has 82 valence electrons. The highest BCUT2D eigenvalue weighted by Crippen LogP contribution is 2.06. The van der Waals surface area contributed by atoms with Crippen LogP contribution in [-0.2, 0) is 9.59 Å². The Morgan fingerprint density at radius 2 is 1.64 bits per heavy atom. The van der Waals surface area contributed by atoms with Gasteiger partial charge in [-0.15, -0.1) is 0 Å². The van der Waals surface area contributed by atoms with E-state index in [1.165, 1.54) is 0 Å². The molecule has 3 N–H and O–H groups in total. The van der Waals surface area contributed by atoms with E-state index in [9.17, 15) is 9.59 Å². The van der Waals surface area contributed by atoms with E-state index in [2.05, 4.69) is 0 Å². The largest absolute Gasteiger partial charge is 0.481 e. The van der Waals surface area contributed by atoms with E-state index in [0.29, 0.717) is 12.8 Å². The predicted octanol–water partition coefficient (Wildman–Crippen LogP) is 1.33. The van der Waals surface area contributed by atoms with Gasteiger partial charge in [0.1, 0.15) is 5.78 Å². The molecule has 4 heteroatoms. The fraction of sp³-hybridized carbons (Fsp3) is 0.800. The molecular weight excluding hydrogens is 182 g/mol. The highest BCUT2D eigenvalue weighted by Gasteiger charge is 2.06. The minimum atomic E-state index is -0.753. The minimum Gasteiger partial charge on any atom is -0.481 e. The Morgan fingerprint density at radius 1 is 1.14 bits per heavy atom. The van der Waals surface area contributed by atoms with Gasteiger partial charge in [-0.05, 0) is 19.8 Å². The molecule has 0 aliphatic rings. The smallest absolute Gasteiger partial charge is 0.303 e. The molecule has 0 aromatic rings. The van der Waals surface area contributed by atoms with E-state index in [4.69, 9.17) is 10.8 Å². The molecule has 0 radical (unpaired) electrons. The first kappa shape index (κ1) is 13.1. The quantitative estimate of drug-likeness (QED) is 0.580. The Kier molecular flexibility index (Phi) is 7.02. The van der Waals surface area contributed by atoms with Crippen LogP contribution in [0.4, 0.5) is 0 Å². The standard InChI is InChI=1S/C10H19NO3/c1-8(11)9(12)6-4-2-3-5-7-10(13)14/h8H,2-7,11H2,1H3,(H,13,14). The number of hydrogen-bond donors (Lipinski definition) is 2. The highest BCUT2D eigenvalue weighted by molar-refractivity contribution is 5.83. The van der Waals surface area contributed by atoms with Crippen molar-refractivity contribution in [3.63, 3.8) is 0 Å². The molecule has 1 unspecified atom stereocenters. The van der Waals surface area contributed by atoms with Crippen molar-refractivity contribution in [2.75, 3.05) is 0 Å². The summed E-state index contributed by atoms with van der Waals surface area (Å²) in [6, 6.07) is -0.367. The molecule has 1 atom stereocenters. The number of carbonyl (C=O) groups is 2. The van der Waals surface area contributed by atoms with Crippen LogP contribution in [0.2, 0.25) is 0 Å².